The molecular formula is C12H12N2O. The van der Waals surface area contributed by atoms with Crippen molar-refractivity contribution in [2.75, 3.05) is 0 Å². The molecule has 0 fully saturated rings. The highest BCUT2D eigenvalue weighted by molar-refractivity contribution is 5.92. The summed E-state index contributed by atoms with van der Waals surface area (Å²) in [5, 5.41) is 0. The number of carbonyl (C=O) groups is 1. The predicted octanol–water partition coefficient (Wildman–Crippen LogP) is 2.29. The van der Waals surface area contributed by atoms with Crippen LogP contribution in [-0.4, -0.2) is 15.3 Å². The van der Waals surface area contributed by atoms with Crippen molar-refractivity contribution in [1.29, 1.82) is 0 Å². The lowest BCUT2D eigenvalue weighted by atomic mass is 10.2. The lowest BCUT2D eigenvalue weighted by molar-refractivity contribution is 0.101. The van der Waals surface area contributed by atoms with E-state index in [0.29, 0.717) is 5.69 Å². The van der Waals surface area contributed by atoms with E-state index in [1.807, 2.05) is 41.9 Å². The van der Waals surface area contributed by atoms with Gasteiger partial charge in [0.2, 0.25) is 0 Å². The Morgan fingerprint density at radius 2 is 1.93 bits per heavy atom. The summed E-state index contributed by atoms with van der Waals surface area (Å²) >= 11 is 0. The third kappa shape index (κ3) is 1.81. The fourth-order valence-corrected chi connectivity index (χ4v) is 1.49. The van der Waals surface area contributed by atoms with Gasteiger partial charge in [-0.15, -0.1) is 0 Å². The van der Waals surface area contributed by atoms with Gasteiger partial charge in [-0.1, -0.05) is 30.3 Å². The summed E-state index contributed by atoms with van der Waals surface area (Å²) in [6.07, 6.45) is 1.75. The van der Waals surface area contributed by atoms with Crippen molar-refractivity contribution in [2.24, 2.45) is 7.05 Å². The van der Waals surface area contributed by atoms with Gasteiger partial charge in [-0.3, -0.25) is 4.79 Å². The van der Waals surface area contributed by atoms with Gasteiger partial charge in [-0.25, -0.2) is 4.98 Å². The van der Waals surface area contributed by atoms with Crippen LogP contribution >= 0.6 is 0 Å². The number of hydrogen-bond acceptors (Lipinski definition) is 2. The van der Waals surface area contributed by atoms with Crippen molar-refractivity contribution >= 4 is 5.78 Å². The Balaban J connectivity index is 2.50. The molecular weight excluding hydrogens is 188 g/mol. The van der Waals surface area contributed by atoms with Crippen molar-refractivity contribution < 1.29 is 4.79 Å². The molecule has 2 rings (SSSR count). The molecule has 0 bridgehead atoms. The Labute approximate surface area is 88.4 Å². The number of ketones is 1. The smallest absolute Gasteiger partial charge is 0.179 e. The number of aryl methyl sites for hydroxylation is 1. The summed E-state index contributed by atoms with van der Waals surface area (Å²) in [5.74, 6) is 0.814. The highest BCUT2D eigenvalue weighted by atomic mass is 16.1. The number of Topliss-reactive ketones (excluding diaryl/α,β-unsaturated/α-hetero) is 1. The summed E-state index contributed by atoms with van der Waals surface area (Å²) in [4.78, 5) is 15.5. The van der Waals surface area contributed by atoms with Crippen LogP contribution in [0.15, 0.2) is 36.5 Å². The van der Waals surface area contributed by atoms with E-state index in [0.717, 1.165) is 11.4 Å². The van der Waals surface area contributed by atoms with Crippen molar-refractivity contribution in [3.8, 4) is 11.4 Å². The van der Waals surface area contributed by atoms with Gasteiger partial charge in [0.1, 0.15) is 11.5 Å². The zero-order valence-corrected chi connectivity index (χ0v) is 8.77. The molecule has 0 saturated heterocycles. The first kappa shape index (κ1) is 9.65. The zero-order chi connectivity index (χ0) is 10.8. The molecule has 1 aromatic heterocycles. The predicted molar refractivity (Wildman–Crippen MR) is 58.6 cm³/mol. The number of rotatable bonds is 2. The van der Waals surface area contributed by atoms with Crippen LogP contribution in [0.2, 0.25) is 0 Å². The minimum Gasteiger partial charge on any atom is -0.333 e. The fraction of sp³-hybridized carbons (Fsp3) is 0.167. The van der Waals surface area contributed by atoms with E-state index < -0.39 is 0 Å². The van der Waals surface area contributed by atoms with Crippen LogP contribution in [0.5, 0.6) is 0 Å². The van der Waals surface area contributed by atoms with Gasteiger partial charge in [0.25, 0.3) is 0 Å². The van der Waals surface area contributed by atoms with E-state index in [4.69, 9.17) is 0 Å². The van der Waals surface area contributed by atoms with Gasteiger partial charge < -0.3 is 4.57 Å². The second-order valence-electron chi connectivity index (χ2n) is 3.48. The molecule has 2 aromatic rings. The average molecular weight is 200 g/mol. The molecule has 0 aliphatic carbocycles. The number of benzene rings is 1. The van der Waals surface area contributed by atoms with E-state index in [2.05, 4.69) is 4.98 Å². The second kappa shape index (κ2) is 3.69. The van der Waals surface area contributed by atoms with Gasteiger partial charge in [0, 0.05) is 25.7 Å². The number of imidazole rings is 1. The van der Waals surface area contributed by atoms with Gasteiger partial charge in [0.05, 0.1) is 0 Å². The number of hydrogen-bond donors (Lipinski definition) is 0. The molecule has 0 aliphatic rings. The molecule has 0 N–H and O–H groups in total. The van der Waals surface area contributed by atoms with Crippen LogP contribution in [-0.2, 0) is 7.05 Å². The lowest BCUT2D eigenvalue weighted by Crippen LogP contribution is -1.91. The lowest BCUT2D eigenvalue weighted by Gasteiger charge is -1.99. The first-order chi connectivity index (χ1) is 7.18. The second-order valence-corrected chi connectivity index (χ2v) is 3.48. The minimum atomic E-state index is -0.00668. The van der Waals surface area contributed by atoms with Crippen LogP contribution in [0.4, 0.5) is 0 Å². The fourth-order valence-electron chi connectivity index (χ4n) is 1.49. The number of carbonyl (C=O) groups excluding carboxylic acids is 1. The van der Waals surface area contributed by atoms with E-state index in [1.165, 1.54) is 6.92 Å². The molecule has 0 radical (unpaired) electrons. The molecule has 76 valence electrons. The first-order valence-corrected chi connectivity index (χ1v) is 4.78. The Morgan fingerprint density at radius 1 is 1.27 bits per heavy atom. The largest absolute Gasteiger partial charge is 0.333 e. The topological polar surface area (TPSA) is 34.9 Å². The van der Waals surface area contributed by atoms with Gasteiger partial charge in [0.15, 0.2) is 5.78 Å². The normalized spacial score (nSPS) is 10.3. The molecule has 0 unspecified atom stereocenters. The van der Waals surface area contributed by atoms with Crippen molar-refractivity contribution in [1.82, 2.24) is 9.55 Å². The summed E-state index contributed by atoms with van der Waals surface area (Å²) < 4.78 is 1.87. The highest BCUT2D eigenvalue weighted by Gasteiger charge is 2.09. The third-order valence-electron chi connectivity index (χ3n) is 2.27. The quantitative estimate of drug-likeness (QED) is 0.697. The summed E-state index contributed by atoms with van der Waals surface area (Å²) in [6, 6.07) is 9.83. The van der Waals surface area contributed by atoms with E-state index in [9.17, 15) is 4.79 Å². The van der Waals surface area contributed by atoms with Crippen molar-refractivity contribution in [3.63, 3.8) is 0 Å². The van der Waals surface area contributed by atoms with Crippen molar-refractivity contribution in [3.05, 3.63) is 42.2 Å². The van der Waals surface area contributed by atoms with Crippen LogP contribution in [0.3, 0.4) is 0 Å². The van der Waals surface area contributed by atoms with Gasteiger partial charge >= 0.3 is 0 Å². The number of nitrogens with zero attached hydrogens (tertiary/aromatic N) is 2. The molecule has 1 heterocycles. The SMILES string of the molecule is CC(=O)c1cn(C)c(-c2ccccc2)n1. The molecule has 0 spiro atoms. The molecule has 0 amide bonds. The van der Waals surface area contributed by atoms with E-state index >= 15 is 0 Å². The first-order valence-electron chi connectivity index (χ1n) is 4.78. The maximum Gasteiger partial charge on any atom is 0.179 e. The van der Waals surface area contributed by atoms with Crippen LogP contribution in [0.1, 0.15) is 17.4 Å². The molecule has 0 atom stereocenters. The monoisotopic (exact) mass is 200 g/mol. The van der Waals surface area contributed by atoms with Gasteiger partial charge in [-0.2, -0.15) is 0 Å². The Morgan fingerprint density at radius 3 is 2.47 bits per heavy atom. The Kier molecular flexibility index (Phi) is 2.37. The number of aromatic nitrogens is 2. The summed E-state index contributed by atoms with van der Waals surface area (Å²) in [7, 11) is 1.89. The van der Waals surface area contributed by atoms with Crippen LogP contribution in [0.25, 0.3) is 11.4 Å². The van der Waals surface area contributed by atoms with Crippen molar-refractivity contribution in [2.45, 2.75) is 6.92 Å². The maximum absolute atomic E-state index is 11.2. The van der Waals surface area contributed by atoms with Gasteiger partial charge in [-0.05, 0) is 0 Å². The minimum absolute atomic E-state index is 0.00668. The Hall–Kier alpha value is -1.90. The van der Waals surface area contributed by atoms with Crippen LogP contribution < -0.4 is 0 Å². The highest BCUT2D eigenvalue weighted by Crippen LogP contribution is 2.17. The van der Waals surface area contributed by atoms with E-state index in [1.54, 1.807) is 6.20 Å². The Bertz CT molecular complexity index is 486. The average Bonchev–Trinajstić information content (AvgIpc) is 2.62. The molecule has 15 heavy (non-hydrogen) atoms. The summed E-state index contributed by atoms with van der Waals surface area (Å²) in [5.41, 5.74) is 1.53. The molecule has 3 nitrogen and oxygen atoms in total. The summed E-state index contributed by atoms with van der Waals surface area (Å²) in [6.45, 7) is 1.52. The maximum atomic E-state index is 11.2. The van der Waals surface area contributed by atoms with E-state index in [-0.39, 0.29) is 5.78 Å². The van der Waals surface area contributed by atoms with Crippen LogP contribution in [0, 0.1) is 0 Å². The molecule has 0 saturated carbocycles. The zero-order valence-electron chi connectivity index (χ0n) is 8.77. The standard InChI is InChI=1S/C12H12N2O/c1-9(15)11-8-14(2)12(13-11)10-6-4-3-5-7-10/h3-8H,1-2H3. The molecule has 3 heteroatoms. The third-order valence-corrected chi connectivity index (χ3v) is 2.27. The molecule has 1 aromatic carbocycles. The molecule has 0 aliphatic heterocycles.